The summed E-state index contributed by atoms with van der Waals surface area (Å²) in [5, 5.41) is 0. The zero-order valence-electron chi connectivity index (χ0n) is 7.87. The van der Waals surface area contributed by atoms with Gasteiger partial charge in [-0.15, -0.1) is 4.43 Å². The van der Waals surface area contributed by atoms with Crippen LogP contribution < -0.4 is 4.43 Å². The molecule has 1 radical (unpaired) electrons. The Bertz CT molecular complexity index is 216. The highest BCUT2D eigenvalue weighted by molar-refractivity contribution is 6.54. The predicted octanol–water partition coefficient (Wildman–Crippen LogP) is 2.31. The van der Waals surface area contributed by atoms with Gasteiger partial charge in [0.25, 0.3) is 15.2 Å². The van der Waals surface area contributed by atoms with Crippen molar-refractivity contribution in [1.29, 1.82) is 0 Å². The summed E-state index contributed by atoms with van der Waals surface area (Å²) in [6.07, 6.45) is 0. The van der Waals surface area contributed by atoms with Crippen LogP contribution in [-0.2, 0) is 0 Å². The Morgan fingerprint density at radius 3 is 2.00 bits per heavy atom. The van der Waals surface area contributed by atoms with E-state index in [1.165, 1.54) is 9.99 Å². The average Bonchev–Trinajstić information content (AvgIpc) is 1.93. The van der Waals surface area contributed by atoms with Gasteiger partial charge in [-0.2, -0.15) is 0 Å². The van der Waals surface area contributed by atoms with Crippen molar-refractivity contribution in [2.24, 2.45) is 0 Å². The second-order valence-electron chi connectivity index (χ2n) is 3.32. The van der Waals surface area contributed by atoms with E-state index in [1.54, 1.807) is 0 Å². The smallest absolute Gasteiger partial charge is 0.253 e. The molecule has 0 aliphatic rings. The first-order valence-electron chi connectivity index (χ1n) is 4.10. The summed E-state index contributed by atoms with van der Waals surface area (Å²) in [4.78, 5) is 0. The van der Waals surface area contributed by atoms with Gasteiger partial charge in [-0.3, -0.25) is 4.70 Å². The topological polar surface area (TPSA) is 0 Å². The molecule has 1 aromatic rings. The van der Waals surface area contributed by atoms with Crippen LogP contribution in [0.2, 0.25) is 4.78 Å². The fourth-order valence-corrected chi connectivity index (χ4v) is 2.25. The van der Waals surface area contributed by atoms with Gasteiger partial charge in [0.2, 0.25) is 0 Å². The third-order valence-electron chi connectivity index (χ3n) is 1.60. The fraction of sp³-hybridized carbons (Fsp3) is 0.400. The van der Waals surface area contributed by atoms with Crippen LogP contribution in [0.1, 0.15) is 19.4 Å². The lowest BCUT2D eigenvalue weighted by molar-refractivity contribution is 1.07. The molecule has 65 valence electrons. The predicted molar refractivity (Wildman–Crippen MR) is 54.2 cm³/mol. The van der Waals surface area contributed by atoms with Gasteiger partial charge >= 0.3 is 0 Å². The van der Waals surface area contributed by atoms with Crippen LogP contribution in [0.3, 0.4) is 0 Å². The largest absolute Gasteiger partial charge is 0.269 e. The minimum Gasteiger partial charge on any atom is -0.269 e. The highest BCUT2D eigenvalue weighted by Gasteiger charge is 1.99. The quantitative estimate of drug-likeness (QED) is 0.614. The maximum absolute atomic E-state index is 2.29. The molecule has 0 aromatic heterocycles. The SMILES string of the molecule is Cc1cc[c]([Al][CH](C)C)cc1.F. The molecule has 12 heavy (non-hydrogen) atoms. The van der Waals surface area contributed by atoms with E-state index < -0.39 is 0 Å². The molecule has 0 nitrogen and oxygen atoms in total. The highest BCUT2D eigenvalue weighted by atomic mass is 27.1. The van der Waals surface area contributed by atoms with Gasteiger partial charge in [0.05, 0.1) is 0 Å². The second kappa shape index (κ2) is 5.35. The molecule has 0 amide bonds. The normalized spacial score (nSPS) is 9.33. The summed E-state index contributed by atoms with van der Waals surface area (Å²) in [6.45, 7) is 6.71. The van der Waals surface area contributed by atoms with Crippen molar-refractivity contribution in [1.82, 2.24) is 0 Å². The first kappa shape index (κ1) is 11.7. The van der Waals surface area contributed by atoms with Crippen molar-refractivity contribution in [2.45, 2.75) is 25.6 Å². The monoisotopic (exact) mass is 181 g/mol. The lowest BCUT2D eigenvalue weighted by Crippen LogP contribution is -2.15. The van der Waals surface area contributed by atoms with Gasteiger partial charge < -0.3 is 0 Å². The van der Waals surface area contributed by atoms with E-state index in [2.05, 4.69) is 45.0 Å². The lowest BCUT2D eigenvalue weighted by Gasteiger charge is -2.02. The van der Waals surface area contributed by atoms with Gasteiger partial charge in [-0.25, -0.2) is 0 Å². The molecular weight excluding hydrogens is 166 g/mol. The van der Waals surface area contributed by atoms with Gasteiger partial charge in [-0.1, -0.05) is 48.5 Å². The molecular formula is C10H15AlF. The molecule has 0 fully saturated rings. The van der Waals surface area contributed by atoms with Crippen LogP contribution in [0.15, 0.2) is 24.3 Å². The second-order valence-corrected chi connectivity index (χ2v) is 5.65. The van der Waals surface area contributed by atoms with Gasteiger partial charge in [0.15, 0.2) is 0 Å². The molecule has 1 aromatic carbocycles. The molecule has 0 aliphatic heterocycles. The molecule has 0 heterocycles. The number of rotatable bonds is 2. The Labute approximate surface area is 80.1 Å². The molecule has 2 heteroatoms. The van der Waals surface area contributed by atoms with Crippen molar-refractivity contribution in [3.63, 3.8) is 0 Å². The molecule has 0 aliphatic carbocycles. The van der Waals surface area contributed by atoms with Crippen molar-refractivity contribution in [2.75, 3.05) is 0 Å². The van der Waals surface area contributed by atoms with E-state index in [4.69, 9.17) is 0 Å². The third kappa shape index (κ3) is 3.90. The summed E-state index contributed by atoms with van der Waals surface area (Å²) in [5.74, 6) is 0. The standard InChI is InChI=1S/C7H7.C3H7.Al.FH/c1-7-5-3-2-4-6-7;1-3-2;;/h3-6H,1H3;3H,1-2H3;;1H. The van der Waals surface area contributed by atoms with Crippen LogP contribution >= 0.6 is 0 Å². The lowest BCUT2D eigenvalue weighted by atomic mass is 10.2. The van der Waals surface area contributed by atoms with Crippen molar-refractivity contribution in [3.8, 4) is 0 Å². The zero-order chi connectivity index (χ0) is 8.27. The van der Waals surface area contributed by atoms with E-state index in [0.29, 0.717) is 15.2 Å². The number of halogens is 1. The first-order chi connectivity index (χ1) is 5.18. The van der Waals surface area contributed by atoms with Crippen LogP contribution in [0.5, 0.6) is 0 Å². The van der Waals surface area contributed by atoms with Crippen LogP contribution in [0.4, 0.5) is 4.70 Å². The molecule has 0 unspecified atom stereocenters. The first-order valence-corrected chi connectivity index (χ1v) is 5.34. The Morgan fingerprint density at radius 1 is 1.08 bits per heavy atom. The van der Waals surface area contributed by atoms with E-state index >= 15 is 0 Å². The van der Waals surface area contributed by atoms with Gasteiger partial charge in [0, 0.05) is 0 Å². The van der Waals surface area contributed by atoms with Crippen molar-refractivity contribution in [3.05, 3.63) is 29.8 Å². The molecule has 0 saturated heterocycles. The summed E-state index contributed by atoms with van der Waals surface area (Å²) in [5.41, 5.74) is 1.36. The molecule has 0 N–H and O–H groups in total. The molecule has 0 bridgehead atoms. The van der Waals surface area contributed by atoms with Gasteiger partial charge in [-0.05, 0) is 6.92 Å². The minimum atomic E-state index is 0. The summed E-state index contributed by atoms with van der Waals surface area (Å²) in [7, 11) is 0. The minimum absolute atomic E-state index is 0. The maximum atomic E-state index is 2.29. The maximum Gasteiger partial charge on any atom is 0.253 e. The summed E-state index contributed by atoms with van der Waals surface area (Å²) < 4.78 is 2.38. The van der Waals surface area contributed by atoms with Crippen molar-refractivity contribution >= 4 is 19.6 Å². The molecule has 1 rings (SSSR count). The van der Waals surface area contributed by atoms with E-state index in [-0.39, 0.29) is 4.70 Å². The average molecular weight is 181 g/mol. The van der Waals surface area contributed by atoms with E-state index in [9.17, 15) is 0 Å². The number of aryl methyl sites for hydroxylation is 1. The van der Waals surface area contributed by atoms with Crippen LogP contribution in [0, 0.1) is 6.92 Å². The van der Waals surface area contributed by atoms with Gasteiger partial charge in [0.1, 0.15) is 0 Å². The number of benzene rings is 1. The summed E-state index contributed by atoms with van der Waals surface area (Å²) in [6, 6.07) is 8.91. The Morgan fingerprint density at radius 2 is 1.58 bits per heavy atom. The van der Waals surface area contributed by atoms with Crippen LogP contribution in [0.25, 0.3) is 0 Å². The zero-order valence-corrected chi connectivity index (χ0v) is 9.03. The number of hydrogen-bond donors (Lipinski definition) is 0. The van der Waals surface area contributed by atoms with E-state index in [0.717, 1.165) is 4.78 Å². The number of hydrogen-bond acceptors (Lipinski definition) is 0. The van der Waals surface area contributed by atoms with E-state index in [1.807, 2.05) is 0 Å². The Hall–Kier alpha value is -0.318. The Balaban J connectivity index is 0.00000121. The fourth-order valence-electron chi connectivity index (χ4n) is 1.06. The molecule has 0 spiro atoms. The summed E-state index contributed by atoms with van der Waals surface area (Å²) >= 11 is 0.482. The highest BCUT2D eigenvalue weighted by Crippen LogP contribution is 1.98. The van der Waals surface area contributed by atoms with Crippen molar-refractivity contribution < 1.29 is 4.70 Å². The molecule has 0 saturated carbocycles. The third-order valence-corrected chi connectivity index (χ3v) is 3.04. The molecule has 0 atom stereocenters. The van der Waals surface area contributed by atoms with Crippen LogP contribution in [-0.4, -0.2) is 15.2 Å². The Kier molecular flexibility index (Phi) is 5.21.